The molecule has 1 aromatic rings. The molecule has 7 heteroatoms. The number of rotatable bonds is 5. The maximum absolute atomic E-state index is 11.9. The third-order valence-corrected chi connectivity index (χ3v) is 4.70. The molecule has 3 N–H and O–H groups in total. The number of carbonyl (C=O) groups is 2. The second kappa shape index (κ2) is 6.21. The van der Waals surface area contributed by atoms with Crippen LogP contribution in [0.3, 0.4) is 0 Å². The number of nitrogens with one attached hydrogen (secondary N) is 2. The molecule has 0 aromatic carbocycles. The molecule has 2 amide bonds. The van der Waals surface area contributed by atoms with Crippen molar-refractivity contribution in [2.45, 2.75) is 45.2 Å². The number of carboxylic acids is 1. The van der Waals surface area contributed by atoms with Crippen molar-refractivity contribution < 1.29 is 14.7 Å². The van der Waals surface area contributed by atoms with E-state index in [0.717, 1.165) is 0 Å². The molecule has 2 atom stereocenters. The molecule has 1 heterocycles. The molecule has 2 rings (SSSR count). The van der Waals surface area contributed by atoms with Gasteiger partial charge in [0.25, 0.3) is 0 Å². The van der Waals surface area contributed by atoms with Crippen LogP contribution >= 0.6 is 11.3 Å². The van der Waals surface area contributed by atoms with Crippen molar-refractivity contribution in [2.75, 3.05) is 0 Å². The Morgan fingerprint density at radius 2 is 2.10 bits per heavy atom. The first-order valence-electron chi connectivity index (χ1n) is 6.73. The minimum atomic E-state index is -1.05. The van der Waals surface area contributed by atoms with Crippen LogP contribution in [0.4, 0.5) is 4.79 Å². The van der Waals surface area contributed by atoms with Gasteiger partial charge in [-0.3, -0.25) is 0 Å². The minimum absolute atomic E-state index is 0.0156. The summed E-state index contributed by atoms with van der Waals surface area (Å²) in [5, 5.41) is 16.6. The van der Waals surface area contributed by atoms with E-state index < -0.39 is 5.97 Å². The summed E-state index contributed by atoms with van der Waals surface area (Å²) in [4.78, 5) is 26.6. The van der Waals surface area contributed by atoms with Crippen molar-refractivity contribution >= 4 is 23.3 Å². The molecule has 20 heavy (non-hydrogen) atoms. The number of carbonyl (C=O) groups excluding carboxylic acids is 1. The van der Waals surface area contributed by atoms with Crippen molar-refractivity contribution in [1.82, 2.24) is 15.6 Å². The summed E-state index contributed by atoms with van der Waals surface area (Å²) in [6.07, 6.45) is 3.59. The SMILES string of the molecule is CC(NC(=O)NC(C)C1CCC1)c1nc(C(=O)O)cs1. The topological polar surface area (TPSA) is 91.3 Å². The lowest BCUT2D eigenvalue weighted by Gasteiger charge is -2.32. The molecule has 0 spiro atoms. The van der Waals surface area contributed by atoms with Gasteiger partial charge in [0.1, 0.15) is 5.01 Å². The standard InChI is InChI=1S/C13H19N3O3S/c1-7(9-4-3-5-9)14-13(19)15-8(2)11-16-10(6-20-11)12(17)18/h6-9H,3-5H2,1-2H3,(H,17,18)(H2,14,15,19). The first-order valence-corrected chi connectivity index (χ1v) is 7.61. The van der Waals surface area contributed by atoms with Crippen LogP contribution in [0.2, 0.25) is 0 Å². The molecule has 0 saturated heterocycles. The zero-order chi connectivity index (χ0) is 14.7. The molecular formula is C13H19N3O3S. The molecule has 1 saturated carbocycles. The fourth-order valence-corrected chi connectivity index (χ4v) is 2.95. The molecule has 110 valence electrons. The van der Waals surface area contributed by atoms with E-state index in [1.165, 1.54) is 36.0 Å². The lowest BCUT2D eigenvalue weighted by atomic mass is 9.80. The summed E-state index contributed by atoms with van der Waals surface area (Å²) in [6, 6.07) is -0.368. The van der Waals surface area contributed by atoms with Gasteiger partial charge in [-0.15, -0.1) is 11.3 Å². The number of urea groups is 1. The van der Waals surface area contributed by atoms with Crippen LogP contribution in [0.1, 0.15) is 54.6 Å². The summed E-state index contributed by atoms with van der Waals surface area (Å²) in [6.45, 7) is 3.80. The summed E-state index contributed by atoms with van der Waals surface area (Å²) in [5.41, 5.74) is 0.0156. The Kier molecular flexibility index (Phi) is 4.59. The van der Waals surface area contributed by atoms with Crippen molar-refractivity contribution in [2.24, 2.45) is 5.92 Å². The number of hydrogen-bond donors (Lipinski definition) is 3. The quantitative estimate of drug-likeness (QED) is 0.778. The highest BCUT2D eigenvalue weighted by atomic mass is 32.1. The zero-order valence-electron chi connectivity index (χ0n) is 11.5. The summed E-state index contributed by atoms with van der Waals surface area (Å²) in [7, 11) is 0. The van der Waals surface area contributed by atoms with E-state index in [4.69, 9.17) is 5.11 Å². The van der Waals surface area contributed by atoms with Gasteiger partial charge in [-0.05, 0) is 32.6 Å². The predicted molar refractivity (Wildman–Crippen MR) is 76.0 cm³/mol. The second-order valence-electron chi connectivity index (χ2n) is 5.20. The van der Waals surface area contributed by atoms with E-state index in [1.807, 2.05) is 6.92 Å². The van der Waals surface area contributed by atoms with Crippen LogP contribution in [0.5, 0.6) is 0 Å². The molecular weight excluding hydrogens is 278 g/mol. The second-order valence-corrected chi connectivity index (χ2v) is 6.08. The molecule has 1 aliphatic carbocycles. The Bertz CT molecular complexity index is 499. The molecule has 1 aliphatic rings. The van der Waals surface area contributed by atoms with Crippen molar-refractivity contribution in [3.8, 4) is 0 Å². The monoisotopic (exact) mass is 297 g/mol. The first-order chi connectivity index (χ1) is 9.47. The van der Waals surface area contributed by atoms with E-state index in [-0.39, 0.29) is 23.8 Å². The number of amides is 2. The van der Waals surface area contributed by atoms with Crippen LogP contribution in [0, 0.1) is 5.92 Å². The first kappa shape index (κ1) is 14.8. The van der Waals surface area contributed by atoms with Crippen LogP contribution < -0.4 is 10.6 Å². The van der Waals surface area contributed by atoms with Crippen molar-refractivity contribution in [1.29, 1.82) is 0 Å². The van der Waals surface area contributed by atoms with E-state index in [2.05, 4.69) is 15.6 Å². The van der Waals surface area contributed by atoms with Gasteiger partial charge in [-0.1, -0.05) is 6.42 Å². The van der Waals surface area contributed by atoms with Crippen molar-refractivity contribution in [3.63, 3.8) is 0 Å². The molecule has 0 bridgehead atoms. The van der Waals surface area contributed by atoms with Crippen LogP contribution in [0.15, 0.2) is 5.38 Å². The van der Waals surface area contributed by atoms with Gasteiger partial charge in [-0.2, -0.15) is 0 Å². The number of hydrogen-bond acceptors (Lipinski definition) is 4. The van der Waals surface area contributed by atoms with Gasteiger partial charge in [0, 0.05) is 11.4 Å². The van der Waals surface area contributed by atoms with Crippen molar-refractivity contribution in [3.05, 3.63) is 16.1 Å². The van der Waals surface area contributed by atoms with Gasteiger partial charge in [0.15, 0.2) is 5.69 Å². The van der Waals surface area contributed by atoms with Crippen LogP contribution in [-0.4, -0.2) is 28.1 Å². The minimum Gasteiger partial charge on any atom is -0.476 e. The van der Waals surface area contributed by atoms with E-state index in [1.54, 1.807) is 6.92 Å². The van der Waals surface area contributed by atoms with E-state index in [0.29, 0.717) is 10.9 Å². The molecule has 0 radical (unpaired) electrons. The third kappa shape index (κ3) is 3.47. The maximum Gasteiger partial charge on any atom is 0.355 e. The predicted octanol–water partition coefficient (Wildman–Crippen LogP) is 2.39. The van der Waals surface area contributed by atoms with Crippen LogP contribution in [-0.2, 0) is 0 Å². The molecule has 1 aromatic heterocycles. The van der Waals surface area contributed by atoms with Gasteiger partial charge in [0.05, 0.1) is 6.04 Å². The highest BCUT2D eigenvalue weighted by molar-refractivity contribution is 7.09. The van der Waals surface area contributed by atoms with Gasteiger partial charge < -0.3 is 15.7 Å². The maximum atomic E-state index is 11.9. The summed E-state index contributed by atoms with van der Waals surface area (Å²) < 4.78 is 0. The Hall–Kier alpha value is -1.63. The molecule has 0 aliphatic heterocycles. The average Bonchev–Trinajstić information content (AvgIpc) is 2.74. The molecule has 2 unspecified atom stereocenters. The number of nitrogens with zero attached hydrogens (tertiary/aromatic N) is 1. The zero-order valence-corrected chi connectivity index (χ0v) is 12.4. The Balaban J connectivity index is 1.84. The Morgan fingerprint density at radius 3 is 2.60 bits per heavy atom. The smallest absolute Gasteiger partial charge is 0.355 e. The average molecular weight is 297 g/mol. The van der Waals surface area contributed by atoms with Gasteiger partial charge in [-0.25, -0.2) is 14.6 Å². The fraction of sp³-hybridized carbons (Fsp3) is 0.615. The van der Waals surface area contributed by atoms with Crippen LogP contribution in [0.25, 0.3) is 0 Å². The molecule has 6 nitrogen and oxygen atoms in total. The number of aromatic carboxylic acids is 1. The Labute approximate surface area is 121 Å². The highest BCUT2D eigenvalue weighted by Gasteiger charge is 2.25. The largest absolute Gasteiger partial charge is 0.476 e. The lowest BCUT2D eigenvalue weighted by Crippen LogP contribution is -2.46. The molecule has 1 fully saturated rings. The highest BCUT2D eigenvalue weighted by Crippen LogP contribution is 2.29. The number of carboxylic acid groups (broad SMARTS) is 1. The number of thiazole rings is 1. The third-order valence-electron chi connectivity index (χ3n) is 3.67. The normalized spacial score (nSPS) is 17.9. The Morgan fingerprint density at radius 1 is 1.40 bits per heavy atom. The lowest BCUT2D eigenvalue weighted by molar-refractivity contribution is 0.0691. The van der Waals surface area contributed by atoms with E-state index in [9.17, 15) is 9.59 Å². The van der Waals surface area contributed by atoms with Gasteiger partial charge >= 0.3 is 12.0 Å². The summed E-state index contributed by atoms with van der Waals surface area (Å²) >= 11 is 1.23. The fourth-order valence-electron chi connectivity index (χ4n) is 2.15. The number of aromatic nitrogens is 1. The summed E-state index contributed by atoms with van der Waals surface area (Å²) in [5.74, 6) is -0.475. The van der Waals surface area contributed by atoms with E-state index >= 15 is 0 Å². The van der Waals surface area contributed by atoms with Gasteiger partial charge in [0.2, 0.25) is 0 Å².